The molecule has 3 heteroatoms. The van der Waals surface area contributed by atoms with E-state index in [-0.39, 0.29) is 0 Å². The summed E-state index contributed by atoms with van der Waals surface area (Å²) in [6.07, 6.45) is 2.46. The molecular formula is C10H16N2S. The van der Waals surface area contributed by atoms with Crippen LogP contribution >= 0.6 is 11.3 Å². The number of thiophene rings is 1. The van der Waals surface area contributed by atoms with Gasteiger partial charge in [-0.15, -0.1) is 0 Å². The lowest BCUT2D eigenvalue weighted by Crippen LogP contribution is -2.48. The average molecular weight is 196 g/mol. The number of hydrogen-bond acceptors (Lipinski definition) is 3. The van der Waals surface area contributed by atoms with E-state index in [2.05, 4.69) is 27.5 Å². The summed E-state index contributed by atoms with van der Waals surface area (Å²) in [6, 6.07) is 2.90. The molecule has 13 heavy (non-hydrogen) atoms. The Hall–Kier alpha value is -0.380. The minimum absolute atomic E-state index is 0.675. The van der Waals surface area contributed by atoms with Gasteiger partial charge in [0.2, 0.25) is 0 Å². The monoisotopic (exact) mass is 196 g/mol. The van der Waals surface area contributed by atoms with Crippen molar-refractivity contribution in [3.63, 3.8) is 0 Å². The topological polar surface area (TPSA) is 24.1 Å². The van der Waals surface area contributed by atoms with Gasteiger partial charge in [0, 0.05) is 25.7 Å². The highest BCUT2D eigenvalue weighted by Crippen LogP contribution is 2.09. The van der Waals surface area contributed by atoms with E-state index in [0.29, 0.717) is 6.04 Å². The van der Waals surface area contributed by atoms with Crippen LogP contribution in [0.1, 0.15) is 12.0 Å². The van der Waals surface area contributed by atoms with Crippen LogP contribution in [0.3, 0.4) is 0 Å². The van der Waals surface area contributed by atoms with Gasteiger partial charge in [-0.1, -0.05) is 0 Å². The van der Waals surface area contributed by atoms with Crippen LogP contribution in [0.2, 0.25) is 0 Å². The van der Waals surface area contributed by atoms with Gasteiger partial charge in [0.05, 0.1) is 0 Å². The van der Waals surface area contributed by atoms with Gasteiger partial charge in [-0.2, -0.15) is 11.3 Å². The zero-order valence-corrected chi connectivity index (χ0v) is 8.57. The fraction of sp³-hybridized carbons (Fsp3) is 0.600. The van der Waals surface area contributed by atoms with E-state index in [1.807, 2.05) is 0 Å². The maximum Gasteiger partial charge on any atom is 0.0196 e. The molecule has 1 atom stereocenters. The Labute approximate surface area is 83.4 Å². The molecule has 1 aliphatic rings. The minimum Gasteiger partial charge on any atom is -0.314 e. The molecule has 0 amide bonds. The first kappa shape index (κ1) is 9.19. The third kappa shape index (κ3) is 2.79. The first-order valence-corrected chi connectivity index (χ1v) is 5.84. The normalized spacial score (nSPS) is 23.2. The van der Waals surface area contributed by atoms with Crippen LogP contribution in [0.25, 0.3) is 0 Å². The molecule has 1 saturated heterocycles. The molecule has 0 saturated carbocycles. The quantitative estimate of drug-likeness (QED) is 0.760. The molecule has 1 aromatic rings. The second kappa shape index (κ2) is 4.74. The molecule has 2 N–H and O–H groups in total. The Morgan fingerprint density at radius 3 is 3.15 bits per heavy atom. The lowest BCUT2D eigenvalue weighted by Gasteiger charge is -2.24. The van der Waals surface area contributed by atoms with Crippen molar-refractivity contribution in [2.24, 2.45) is 0 Å². The van der Waals surface area contributed by atoms with Crippen molar-refractivity contribution in [1.29, 1.82) is 0 Å². The first-order valence-electron chi connectivity index (χ1n) is 4.90. The Morgan fingerprint density at radius 2 is 2.46 bits per heavy atom. The zero-order chi connectivity index (χ0) is 8.93. The van der Waals surface area contributed by atoms with Crippen LogP contribution in [-0.2, 0) is 6.42 Å². The fourth-order valence-corrected chi connectivity index (χ4v) is 2.40. The summed E-state index contributed by atoms with van der Waals surface area (Å²) >= 11 is 1.79. The van der Waals surface area contributed by atoms with Gasteiger partial charge in [-0.25, -0.2) is 0 Å². The van der Waals surface area contributed by atoms with Crippen LogP contribution in [0.5, 0.6) is 0 Å². The molecular weight excluding hydrogens is 180 g/mol. The molecule has 1 aromatic heterocycles. The Balaban J connectivity index is 1.72. The van der Waals surface area contributed by atoms with E-state index < -0.39 is 0 Å². The molecule has 2 rings (SSSR count). The molecule has 0 aromatic carbocycles. The van der Waals surface area contributed by atoms with Crippen molar-refractivity contribution in [2.75, 3.05) is 19.6 Å². The average Bonchev–Trinajstić information content (AvgIpc) is 2.69. The van der Waals surface area contributed by atoms with Crippen molar-refractivity contribution < 1.29 is 0 Å². The molecule has 1 fully saturated rings. The number of nitrogens with one attached hydrogen (secondary N) is 2. The van der Waals surface area contributed by atoms with Crippen molar-refractivity contribution in [1.82, 2.24) is 10.6 Å². The highest BCUT2D eigenvalue weighted by Gasteiger charge is 2.11. The lowest BCUT2D eigenvalue weighted by molar-refractivity contribution is 0.400. The maximum absolute atomic E-state index is 3.52. The third-order valence-electron chi connectivity index (χ3n) is 2.49. The Bertz CT molecular complexity index is 227. The predicted molar refractivity (Wildman–Crippen MR) is 57.3 cm³/mol. The number of hydrogen-bond donors (Lipinski definition) is 2. The summed E-state index contributed by atoms with van der Waals surface area (Å²) in [5, 5.41) is 11.3. The van der Waals surface area contributed by atoms with Gasteiger partial charge in [0.15, 0.2) is 0 Å². The molecule has 2 nitrogen and oxygen atoms in total. The van der Waals surface area contributed by atoms with E-state index in [4.69, 9.17) is 0 Å². The van der Waals surface area contributed by atoms with Crippen molar-refractivity contribution in [3.05, 3.63) is 22.4 Å². The third-order valence-corrected chi connectivity index (χ3v) is 3.22. The second-order valence-electron chi connectivity index (χ2n) is 3.53. The van der Waals surface area contributed by atoms with Gasteiger partial charge in [0.1, 0.15) is 0 Å². The maximum atomic E-state index is 3.52. The Kier molecular flexibility index (Phi) is 3.35. The molecule has 0 aliphatic carbocycles. The van der Waals surface area contributed by atoms with Crippen molar-refractivity contribution in [3.8, 4) is 0 Å². The first-order chi connectivity index (χ1) is 6.45. The van der Waals surface area contributed by atoms with Gasteiger partial charge in [-0.05, 0) is 35.2 Å². The predicted octanol–water partition coefficient (Wildman–Crippen LogP) is 1.24. The summed E-state index contributed by atoms with van der Waals surface area (Å²) in [4.78, 5) is 0. The smallest absolute Gasteiger partial charge is 0.0196 e. The van der Waals surface area contributed by atoms with Gasteiger partial charge in [0.25, 0.3) is 0 Å². The lowest BCUT2D eigenvalue weighted by atomic mass is 10.1. The standard InChI is InChI=1S/C10H16N2S/c1(9-3-6-13-8-9)2-10-7-11-4-5-12-10/h3,6,8,10-12H,1-2,4-5,7H2/t10-/m0/s1. The van der Waals surface area contributed by atoms with E-state index in [1.54, 1.807) is 11.3 Å². The number of aryl methyl sites for hydroxylation is 1. The SMILES string of the molecule is c1cc(CC[C@H]2CNCCN2)cs1. The fourth-order valence-electron chi connectivity index (χ4n) is 1.69. The second-order valence-corrected chi connectivity index (χ2v) is 4.31. The van der Waals surface area contributed by atoms with E-state index >= 15 is 0 Å². The molecule has 1 aliphatic heterocycles. The van der Waals surface area contributed by atoms with Crippen LogP contribution in [0.15, 0.2) is 16.8 Å². The van der Waals surface area contributed by atoms with Gasteiger partial charge >= 0.3 is 0 Å². The van der Waals surface area contributed by atoms with Gasteiger partial charge < -0.3 is 10.6 Å². The molecule has 2 heterocycles. The van der Waals surface area contributed by atoms with E-state index in [9.17, 15) is 0 Å². The van der Waals surface area contributed by atoms with Gasteiger partial charge in [-0.3, -0.25) is 0 Å². The number of rotatable bonds is 3. The minimum atomic E-state index is 0.675. The van der Waals surface area contributed by atoms with Crippen LogP contribution in [-0.4, -0.2) is 25.7 Å². The molecule has 0 unspecified atom stereocenters. The summed E-state index contributed by atoms with van der Waals surface area (Å²) in [7, 11) is 0. The van der Waals surface area contributed by atoms with E-state index in [1.165, 1.54) is 18.4 Å². The van der Waals surface area contributed by atoms with E-state index in [0.717, 1.165) is 19.6 Å². The molecule has 0 bridgehead atoms. The summed E-state index contributed by atoms with van der Waals surface area (Å²) in [5.74, 6) is 0. The molecule has 72 valence electrons. The summed E-state index contributed by atoms with van der Waals surface area (Å²) in [6.45, 7) is 3.37. The highest BCUT2D eigenvalue weighted by atomic mass is 32.1. The largest absolute Gasteiger partial charge is 0.314 e. The zero-order valence-electron chi connectivity index (χ0n) is 7.75. The molecule has 0 spiro atoms. The number of piperazine rings is 1. The van der Waals surface area contributed by atoms with Crippen LogP contribution < -0.4 is 10.6 Å². The van der Waals surface area contributed by atoms with Crippen molar-refractivity contribution in [2.45, 2.75) is 18.9 Å². The summed E-state index contributed by atoms with van der Waals surface area (Å²) < 4.78 is 0. The highest BCUT2D eigenvalue weighted by molar-refractivity contribution is 7.07. The summed E-state index contributed by atoms with van der Waals surface area (Å²) in [5.41, 5.74) is 1.48. The Morgan fingerprint density at radius 1 is 1.46 bits per heavy atom. The van der Waals surface area contributed by atoms with Crippen LogP contribution in [0.4, 0.5) is 0 Å². The van der Waals surface area contributed by atoms with Crippen LogP contribution in [0, 0.1) is 0 Å². The molecule has 0 radical (unpaired) electrons. The van der Waals surface area contributed by atoms with Crippen molar-refractivity contribution >= 4 is 11.3 Å².